The molecule has 0 saturated heterocycles. The number of aryl methyl sites for hydroxylation is 1. The second-order valence-corrected chi connectivity index (χ2v) is 8.73. The summed E-state index contributed by atoms with van der Waals surface area (Å²) >= 11 is 0. The number of hydrogen-bond donors (Lipinski definition) is 1. The van der Waals surface area contributed by atoms with Crippen molar-refractivity contribution in [1.82, 2.24) is 9.88 Å². The standard InChI is InChI=1S/C20H27N3O3S/c1-5-23-11-10-18-17(15(3)13-23)12-19(20(21-18)26-4)22-27(24,25)16-8-6-14(2)7-9-16/h6-9,12,15,22H,5,10-11,13H2,1-4H3. The molecule has 3 rings (SSSR count). The Balaban J connectivity index is 1.97. The van der Waals surface area contributed by atoms with Crippen molar-refractivity contribution < 1.29 is 13.2 Å². The maximum atomic E-state index is 12.8. The van der Waals surface area contributed by atoms with Crippen LogP contribution < -0.4 is 9.46 Å². The zero-order valence-corrected chi connectivity index (χ0v) is 17.1. The van der Waals surface area contributed by atoms with Gasteiger partial charge in [-0.25, -0.2) is 13.4 Å². The average Bonchev–Trinajstić information content (AvgIpc) is 2.80. The molecule has 0 amide bonds. The molecule has 0 bridgehead atoms. The van der Waals surface area contributed by atoms with Crippen LogP contribution in [0.25, 0.3) is 0 Å². The molecule has 0 radical (unpaired) electrons. The first-order valence-corrected chi connectivity index (χ1v) is 10.7. The van der Waals surface area contributed by atoms with E-state index in [1.54, 1.807) is 24.3 Å². The van der Waals surface area contributed by atoms with Crippen LogP contribution in [0.5, 0.6) is 5.88 Å². The average molecular weight is 390 g/mol. The summed E-state index contributed by atoms with van der Waals surface area (Å²) in [5.74, 6) is 0.574. The van der Waals surface area contributed by atoms with Crippen LogP contribution in [0.1, 0.15) is 36.6 Å². The van der Waals surface area contributed by atoms with Gasteiger partial charge in [-0.05, 0) is 43.1 Å². The maximum Gasteiger partial charge on any atom is 0.262 e. The van der Waals surface area contributed by atoms with Crippen molar-refractivity contribution in [2.45, 2.75) is 38.0 Å². The van der Waals surface area contributed by atoms with Gasteiger partial charge in [0.25, 0.3) is 10.0 Å². The van der Waals surface area contributed by atoms with Gasteiger partial charge in [-0.2, -0.15) is 0 Å². The lowest BCUT2D eigenvalue weighted by molar-refractivity contribution is 0.286. The van der Waals surface area contributed by atoms with Crippen LogP contribution in [0, 0.1) is 6.92 Å². The zero-order chi connectivity index (χ0) is 19.6. The molecule has 0 saturated carbocycles. The first-order valence-electron chi connectivity index (χ1n) is 9.23. The molecule has 0 spiro atoms. The van der Waals surface area contributed by atoms with E-state index in [9.17, 15) is 8.42 Å². The fraction of sp³-hybridized carbons (Fsp3) is 0.450. The molecule has 1 unspecified atom stereocenters. The third-order valence-electron chi connectivity index (χ3n) is 5.04. The van der Waals surface area contributed by atoms with Crippen molar-refractivity contribution >= 4 is 15.7 Å². The monoisotopic (exact) mass is 389 g/mol. The SMILES string of the molecule is CCN1CCc2nc(OC)c(NS(=O)(=O)c3ccc(C)cc3)cc2C(C)C1. The summed E-state index contributed by atoms with van der Waals surface area (Å²) in [7, 11) is -2.20. The molecule has 2 heterocycles. The Morgan fingerprint density at radius 2 is 2.00 bits per heavy atom. The molecule has 1 aliphatic rings. The molecule has 1 atom stereocenters. The third kappa shape index (κ3) is 4.25. The number of nitrogens with zero attached hydrogens (tertiary/aromatic N) is 2. The normalized spacial score (nSPS) is 17.9. The summed E-state index contributed by atoms with van der Waals surface area (Å²) in [6.07, 6.45) is 0.828. The van der Waals surface area contributed by atoms with Gasteiger partial charge in [0.1, 0.15) is 5.69 Å². The largest absolute Gasteiger partial charge is 0.479 e. The number of ether oxygens (including phenoxy) is 1. The lowest BCUT2D eigenvalue weighted by Crippen LogP contribution is -2.27. The molecular formula is C20H27N3O3S. The van der Waals surface area contributed by atoms with Crippen LogP contribution in [0.15, 0.2) is 35.2 Å². The number of nitrogens with one attached hydrogen (secondary N) is 1. The molecule has 0 fully saturated rings. The smallest absolute Gasteiger partial charge is 0.262 e. The Hall–Kier alpha value is -2.12. The Labute approximate surface area is 161 Å². The molecule has 6 nitrogen and oxygen atoms in total. The lowest BCUT2D eigenvalue weighted by atomic mass is 9.99. The van der Waals surface area contributed by atoms with Gasteiger partial charge >= 0.3 is 0 Å². The fourth-order valence-corrected chi connectivity index (χ4v) is 4.50. The van der Waals surface area contributed by atoms with Gasteiger partial charge < -0.3 is 9.64 Å². The molecule has 146 valence electrons. The van der Waals surface area contributed by atoms with Gasteiger partial charge in [0.2, 0.25) is 5.88 Å². The topological polar surface area (TPSA) is 71.5 Å². The van der Waals surface area contributed by atoms with Crippen LogP contribution in [0.4, 0.5) is 5.69 Å². The minimum atomic E-state index is -3.71. The molecule has 7 heteroatoms. The summed E-state index contributed by atoms with van der Waals surface area (Å²) in [6.45, 7) is 9.09. The lowest BCUT2D eigenvalue weighted by Gasteiger charge is -2.21. The van der Waals surface area contributed by atoms with Gasteiger partial charge in [0, 0.05) is 25.2 Å². The number of aromatic nitrogens is 1. The number of fused-ring (bicyclic) bond motifs is 1. The number of rotatable bonds is 5. The number of benzene rings is 1. The minimum absolute atomic E-state index is 0.218. The summed E-state index contributed by atoms with van der Waals surface area (Å²) in [5, 5.41) is 0. The van der Waals surface area contributed by atoms with Gasteiger partial charge in [-0.1, -0.05) is 31.5 Å². The quantitative estimate of drug-likeness (QED) is 0.850. The first-order chi connectivity index (χ1) is 12.8. The van der Waals surface area contributed by atoms with Crippen LogP contribution in [0.2, 0.25) is 0 Å². The van der Waals surface area contributed by atoms with Gasteiger partial charge in [-0.15, -0.1) is 0 Å². The molecule has 1 aromatic carbocycles. The van der Waals surface area contributed by atoms with E-state index in [1.807, 2.05) is 13.0 Å². The highest BCUT2D eigenvalue weighted by Gasteiger charge is 2.24. The van der Waals surface area contributed by atoms with E-state index in [-0.39, 0.29) is 10.8 Å². The van der Waals surface area contributed by atoms with Crippen molar-refractivity contribution in [1.29, 1.82) is 0 Å². The molecule has 2 aromatic rings. The van der Waals surface area contributed by atoms with Gasteiger partial charge in [0.05, 0.1) is 12.0 Å². The highest BCUT2D eigenvalue weighted by Crippen LogP contribution is 2.33. The molecular weight excluding hydrogens is 362 g/mol. The number of sulfonamides is 1. The highest BCUT2D eigenvalue weighted by molar-refractivity contribution is 7.92. The Bertz CT molecular complexity index is 911. The van der Waals surface area contributed by atoms with E-state index >= 15 is 0 Å². The van der Waals surface area contributed by atoms with Crippen LogP contribution in [0.3, 0.4) is 0 Å². The van der Waals surface area contributed by atoms with E-state index in [1.165, 1.54) is 7.11 Å². The van der Waals surface area contributed by atoms with Crippen LogP contribution in [-0.4, -0.2) is 45.0 Å². The second kappa shape index (κ2) is 7.86. The van der Waals surface area contributed by atoms with E-state index in [2.05, 4.69) is 28.5 Å². The maximum absolute atomic E-state index is 12.8. The zero-order valence-electron chi connectivity index (χ0n) is 16.3. The number of anilines is 1. The number of hydrogen-bond acceptors (Lipinski definition) is 5. The van der Waals surface area contributed by atoms with Gasteiger partial charge in [0.15, 0.2) is 0 Å². The van der Waals surface area contributed by atoms with Crippen molar-refractivity contribution in [3.05, 3.63) is 47.2 Å². The van der Waals surface area contributed by atoms with Crippen LogP contribution in [-0.2, 0) is 16.4 Å². The molecule has 0 aliphatic carbocycles. The number of likely N-dealkylation sites (N-methyl/N-ethyl adjacent to an activating group) is 1. The first kappa shape index (κ1) is 19.6. The third-order valence-corrected chi connectivity index (χ3v) is 6.43. The number of pyridine rings is 1. The van der Waals surface area contributed by atoms with Crippen molar-refractivity contribution in [2.75, 3.05) is 31.5 Å². The summed E-state index contributed by atoms with van der Waals surface area (Å²) in [6, 6.07) is 8.65. The predicted octanol–water partition coefficient (Wildman–Crippen LogP) is 3.18. The Morgan fingerprint density at radius 1 is 1.30 bits per heavy atom. The summed E-state index contributed by atoms with van der Waals surface area (Å²) in [5.41, 5.74) is 3.45. The molecule has 1 aliphatic heterocycles. The van der Waals surface area contributed by atoms with Crippen LogP contribution >= 0.6 is 0 Å². The highest BCUT2D eigenvalue weighted by atomic mass is 32.2. The molecule has 27 heavy (non-hydrogen) atoms. The number of methoxy groups -OCH3 is 1. The summed E-state index contributed by atoms with van der Waals surface area (Å²) < 4.78 is 33.6. The van der Waals surface area contributed by atoms with Crippen molar-refractivity contribution in [3.8, 4) is 5.88 Å². The molecule has 1 N–H and O–H groups in total. The van der Waals surface area contributed by atoms with E-state index in [0.29, 0.717) is 11.6 Å². The predicted molar refractivity (Wildman–Crippen MR) is 107 cm³/mol. The van der Waals surface area contributed by atoms with E-state index < -0.39 is 10.0 Å². The molecule has 1 aromatic heterocycles. The summed E-state index contributed by atoms with van der Waals surface area (Å²) in [4.78, 5) is 7.23. The Kier molecular flexibility index (Phi) is 5.72. The van der Waals surface area contributed by atoms with E-state index in [4.69, 9.17) is 4.74 Å². The van der Waals surface area contributed by atoms with Gasteiger partial charge in [-0.3, -0.25) is 4.72 Å². The minimum Gasteiger partial charge on any atom is -0.479 e. The van der Waals surface area contributed by atoms with E-state index in [0.717, 1.165) is 42.9 Å². The fourth-order valence-electron chi connectivity index (χ4n) is 3.45. The Morgan fingerprint density at radius 3 is 2.63 bits per heavy atom. The van der Waals surface area contributed by atoms with Crippen molar-refractivity contribution in [3.63, 3.8) is 0 Å². The second-order valence-electron chi connectivity index (χ2n) is 7.04. The van der Waals surface area contributed by atoms with Crippen molar-refractivity contribution in [2.24, 2.45) is 0 Å².